The van der Waals surface area contributed by atoms with E-state index in [0.29, 0.717) is 5.56 Å². The zero-order valence-electron chi connectivity index (χ0n) is 15.3. The van der Waals surface area contributed by atoms with Crippen LogP contribution in [0.3, 0.4) is 0 Å². The minimum atomic E-state index is -0.248. The molecule has 0 spiro atoms. The summed E-state index contributed by atoms with van der Waals surface area (Å²) in [4.78, 5) is 17.6. The number of amides is 1. The highest BCUT2D eigenvalue weighted by atomic mass is 16.5. The van der Waals surface area contributed by atoms with Gasteiger partial charge in [0.15, 0.2) is 0 Å². The number of hydrogen-bond donors (Lipinski definition) is 2. The third-order valence-electron chi connectivity index (χ3n) is 4.72. The second kappa shape index (κ2) is 8.58. The molecule has 136 valence electrons. The van der Waals surface area contributed by atoms with Crippen molar-refractivity contribution in [3.05, 3.63) is 59.4 Å². The van der Waals surface area contributed by atoms with E-state index < -0.39 is 0 Å². The number of methoxy groups -OCH3 is 1. The lowest BCUT2D eigenvalue weighted by Crippen LogP contribution is -3.08. The Morgan fingerprint density at radius 2 is 1.92 bits per heavy atom. The van der Waals surface area contributed by atoms with Crippen LogP contribution in [0.4, 0.5) is 0 Å². The van der Waals surface area contributed by atoms with Gasteiger partial charge in [-0.2, -0.15) is 5.10 Å². The summed E-state index contributed by atoms with van der Waals surface area (Å²) in [6, 6.07) is 9.37. The van der Waals surface area contributed by atoms with E-state index in [2.05, 4.69) is 21.6 Å². The van der Waals surface area contributed by atoms with E-state index in [1.165, 1.54) is 31.5 Å². The van der Waals surface area contributed by atoms with Crippen molar-refractivity contribution in [2.24, 2.45) is 5.10 Å². The fourth-order valence-corrected chi connectivity index (χ4v) is 3.23. The average Bonchev–Trinajstić information content (AvgIpc) is 3.19. The van der Waals surface area contributed by atoms with Gasteiger partial charge in [0.1, 0.15) is 12.3 Å². The smallest absolute Gasteiger partial charge is 0.271 e. The molecular weight excluding hydrogens is 328 g/mol. The van der Waals surface area contributed by atoms with Crippen LogP contribution in [0, 0.1) is 0 Å². The van der Waals surface area contributed by atoms with Crippen molar-refractivity contribution in [3.63, 3.8) is 0 Å². The molecule has 2 heterocycles. The van der Waals surface area contributed by atoms with E-state index in [-0.39, 0.29) is 5.91 Å². The lowest BCUT2D eigenvalue weighted by atomic mass is 10.1. The summed E-state index contributed by atoms with van der Waals surface area (Å²) in [5.41, 5.74) is 6.05. The van der Waals surface area contributed by atoms with Crippen molar-refractivity contribution in [3.8, 4) is 5.75 Å². The van der Waals surface area contributed by atoms with Gasteiger partial charge in [0.2, 0.25) is 0 Å². The molecule has 1 aromatic carbocycles. The molecule has 2 N–H and O–H groups in total. The van der Waals surface area contributed by atoms with Gasteiger partial charge in [0, 0.05) is 36.4 Å². The summed E-state index contributed by atoms with van der Waals surface area (Å²) >= 11 is 0. The van der Waals surface area contributed by atoms with Crippen molar-refractivity contribution >= 4 is 11.6 Å². The maximum atomic E-state index is 12.1. The number of rotatable bonds is 6. The van der Waals surface area contributed by atoms with Crippen molar-refractivity contribution in [1.29, 1.82) is 0 Å². The number of carbonyl (C=O) groups excluding carboxylic acids is 1. The largest absolute Gasteiger partial charge is 0.496 e. The third-order valence-corrected chi connectivity index (χ3v) is 4.72. The zero-order valence-corrected chi connectivity index (χ0v) is 15.3. The first-order valence-electron chi connectivity index (χ1n) is 8.93. The number of nitrogens with zero attached hydrogens (tertiary/aromatic N) is 2. The monoisotopic (exact) mass is 353 g/mol. The van der Waals surface area contributed by atoms with E-state index in [0.717, 1.165) is 23.6 Å². The standard InChI is InChI=1S/C20H24N4O2/c1-15(22-23-20(25)16-7-9-21-10-8-16)17-5-6-19(26-2)18(13-17)14-24-11-3-4-12-24/h5-10,13H,3-4,11-12,14H2,1-2H3,(H,23,25)/p+1/b22-15-. The first-order chi connectivity index (χ1) is 12.7. The van der Waals surface area contributed by atoms with Gasteiger partial charge in [-0.15, -0.1) is 0 Å². The summed E-state index contributed by atoms with van der Waals surface area (Å²) in [7, 11) is 1.70. The number of nitrogens with one attached hydrogen (secondary N) is 2. The Morgan fingerprint density at radius 3 is 2.62 bits per heavy atom. The van der Waals surface area contributed by atoms with Gasteiger partial charge in [-0.25, -0.2) is 5.43 Å². The van der Waals surface area contributed by atoms with Gasteiger partial charge in [-0.3, -0.25) is 9.78 Å². The first kappa shape index (κ1) is 18.1. The Bertz CT molecular complexity index is 784. The third kappa shape index (κ3) is 4.46. The number of quaternary nitrogens is 1. The molecule has 1 amide bonds. The number of ether oxygens (including phenoxy) is 1. The van der Waals surface area contributed by atoms with Crippen LogP contribution in [0.25, 0.3) is 0 Å². The number of aromatic nitrogens is 1. The fraction of sp³-hybridized carbons (Fsp3) is 0.350. The molecule has 3 rings (SSSR count). The molecule has 0 bridgehead atoms. The molecule has 1 aliphatic heterocycles. The lowest BCUT2D eigenvalue weighted by molar-refractivity contribution is -0.901. The van der Waals surface area contributed by atoms with Crippen LogP contribution in [0.2, 0.25) is 0 Å². The van der Waals surface area contributed by atoms with E-state index in [9.17, 15) is 4.79 Å². The van der Waals surface area contributed by atoms with Crippen LogP contribution >= 0.6 is 0 Å². The molecule has 0 atom stereocenters. The second-order valence-electron chi connectivity index (χ2n) is 6.53. The molecule has 0 radical (unpaired) electrons. The van der Waals surface area contributed by atoms with Crippen molar-refractivity contribution < 1.29 is 14.4 Å². The van der Waals surface area contributed by atoms with E-state index in [1.807, 2.05) is 19.1 Å². The van der Waals surface area contributed by atoms with Gasteiger partial charge in [0.05, 0.1) is 25.9 Å². The second-order valence-corrected chi connectivity index (χ2v) is 6.53. The molecule has 26 heavy (non-hydrogen) atoms. The number of likely N-dealkylation sites (tertiary alicyclic amines) is 1. The Morgan fingerprint density at radius 1 is 1.19 bits per heavy atom. The van der Waals surface area contributed by atoms with Crippen LogP contribution in [-0.2, 0) is 6.54 Å². The molecule has 1 aliphatic rings. The van der Waals surface area contributed by atoms with Crippen LogP contribution in [0.1, 0.15) is 41.3 Å². The van der Waals surface area contributed by atoms with Gasteiger partial charge in [0.25, 0.3) is 5.91 Å². The van der Waals surface area contributed by atoms with Gasteiger partial charge >= 0.3 is 0 Å². The highest BCUT2D eigenvalue weighted by Gasteiger charge is 2.18. The van der Waals surface area contributed by atoms with Crippen LogP contribution < -0.4 is 15.1 Å². The number of hydrazone groups is 1. The van der Waals surface area contributed by atoms with Gasteiger partial charge in [-0.1, -0.05) is 0 Å². The van der Waals surface area contributed by atoms with Crippen LogP contribution in [-0.4, -0.2) is 36.8 Å². The summed E-state index contributed by atoms with van der Waals surface area (Å²) < 4.78 is 5.52. The Hall–Kier alpha value is -2.73. The number of carbonyl (C=O) groups is 1. The molecule has 6 nitrogen and oxygen atoms in total. The topological polar surface area (TPSA) is 68.0 Å². The Balaban J connectivity index is 1.73. The van der Waals surface area contributed by atoms with Crippen LogP contribution in [0.5, 0.6) is 5.75 Å². The minimum absolute atomic E-state index is 0.248. The molecule has 6 heteroatoms. The van der Waals surface area contributed by atoms with Crippen molar-refractivity contribution in [1.82, 2.24) is 10.4 Å². The molecular formula is C20H25N4O2+. The SMILES string of the molecule is COc1ccc(/C(C)=N\NC(=O)c2ccncc2)cc1C[NH+]1CCCC1. The number of benzene rings is 1. The molecule has 0 saturated carbocycles. The lowest BCUT2D eigenvalue weighted by Gasteiger charge is -2.15. The summed E-state index contributed by atoms with van der Waals surface area (Å²) in [5.74, 6) is 0.656. The Labute approximate surface area is 153 Å². The molecule has 1 aromatic heterocycles. The fourth-order valence-electron chi connectivity index (χ4n) is 3.23. The summed E-state index contributed by atoms with van der Waals surface area (Å²) in [6.07, 6.45) is 5.75. The molecule has 0 aliphatic carbocycles. The maximum absolute atomic E-state index is 12.1. The van der Waals surface area contributed by atoms with Gasteiger partial charge in [-0.05, 0) is 42.8 Å². The molecule has 2 aromatic rings. The van der Waals surface area contributed by atoms with Crippen molar-refractivity contribution in [2.75, 3.05) is 20.2 Å². The number of hydrogen-bond acceptors (Lipinski definition) is 4. The Kier molecular flexibility index (Phi) is 5.96. The molecule has 1 fully saturated rings. The van der Waals surface area contributed by atoms with E-state index in [4.69, 9.17) is 4.74 Å². The minimum Gasteiger partial charge on any atom is -0.496 e. The zero-order chi connectivity index (χ0) is 18.4. The predicted octanol–water partition coefficient (Wildman–Crippen LogP) is 1.42. The first-order valence-corrected chi connectivity index (χ1v) is 8.93. The van der Waals surface area contributed by atoms with Crippen LogP contribution in [0.15, 0.2) is 47.8 Å². The van der Waals surface area contributed by atoms with Gasteiger partial charge < -0.3 is 9.64 Å². The van der Waals surface area contributed by atoms with E-state index in [1.54, 1.807) is 36.5 Å². The molecule has 0 unspecified atom stereocenters. The highest BCUT2D eigenvalue weighted by Crippen LogP contribution is 2.20. The molecule has 1 saturated heterocycles. The normalized spacial score (nSPS) is 15.1. The summed E-state index contributed by atoms with van der Waals surface area (Å²) in [6.45, 7) is 5.26. The maximum Gasteiger partial charge on any atom is 0.271 e. The van der Waals surface area contributed by atoms with E-state index >= 15 is 0 Å². The van der Waals surface area contributed by atoms with Crippen molar-refractivity contribution in [2.45, 2.75) is 26.3 Å². The highest BCUT2D eigenvalue weighted by molar-refractivity contribution is 6.01. The summed E-state index contributed by atoms with van der Waals surface area (Å²) in [5, 5.41) is 4.25. The average molecular weight is 353 g/mol. The predicted molar refractivity (Wildman–Crippen MR) is 101 cm³/mol. The quantitative estimate of drug-likeness (QED) is 0.610. The number of pyridine rings is 1.